The molecule has 0 fully saturated rings. The van der Waals surface area contributed by atoms with E-state index in [1.165, 1.54) is 0 Å². The molecule has 0 bridgehead atoms. The minimum absolute atomic E-state index is 0.0220. The number of phenolic OH excluding ortho intramolecular Hbond substituents is 1. The quantitative estimate of drug-likeness (QED) is 0.641. The number of hydrogen-bond acceptors (Lipinski definition) is 3. The van der Waals surface area contributed by atoms with E-state index in [0.717, 1.165) is 24.0 Å². The number of aromatic hydroxyl groups is 1. The first-order chi connectivity index (χ1) is 12.4. The zero-order chi connectivity index (χ0) is 19.1. The van der Waals surface area contributed by atoms with Crippen LogP contribution in [0.4, 0.5) is 10.5 Å². The molecule has 0 aliphatic heterocycles. The lowest BCUT2D eigenvalue weighted by Gasteiger charge is -2.16. The second-order valence-electron chi connectivity index (χ2n) is 6.31. The van der Waals surface area contributed by atoms with Crippen molar-refractivity contribution < 1.29 is 14.7 Å². The highest BCUT2D eigenvalue weighted by Crippen LogP contribution is 2.17. The van der Waals surface area contributed by atoms with Crippen LogP contribution in [0.3, 0.4) is 0 Å². The summed E-state index contributed by atoms with van der Waals surface area (Å²) in [6.07, 6.45) is 1.57. The summed E-state index contributed by atoms with van der Waals surface area (Å²) in [6, 6.07) is 11.9. The van der Waals surface area contributed by atoms with Crippen LogP contribution in [0, 0.1) is 6.92 Å². The number of nitrogens with one attached hydrogen (secondary N) is 3. The molecule has 0 radical (unpaired) electrons. The van der Waals surface area contributed by atoms with Crippen molar-refractivity contribution in [3.8, 4) is 5.75 Å². The Balaban J connectivity index is 1.89. The second-order valence-corrected chi connectivity index (χ2v) is 6.31. The first-order valence-corrected chi connectivity index (χ1v) is 8.57. The summed E-state index contributed by atoms with van der Waals surface area (Å²) in [4.78, 5) is 24.0. The van der Waals surface area contributed by atoms with E-state index >= 15 is 0 Å². The van der Waals surface area contributed by atoms with E-state index in [1.54, 1.807) is 37.4 Å². The molecule has 6 heteroatoms. The summed E-state index contributed by atoms with van der Waals surface area (Å²) in [5.74, 6) is 0.0457. The zero-order valence-corrected chi connectivity index (χ0v) is 15.3. The van der Waals surface area contributed by atoms with Crippen molar-refractivity contribution in [2.24, 2.45) is 0 Å². The Labute approximate surface area is 153 Å². The van der Waals surface area contributed by atoms with Crippen molar-refractivity contribution in [2.45, 2.75) is 32.7 Å². The summed E-state index contributed by atoms with van der Waals surface area (Å²) in [5, 5.41) is 17.6. The van der Waals surface area contributed by atoms with Gasteiger partial charge in [-0.05, 0) is 62.1 Å². The van der Waals surface area contributed by atoms with Crippen LogP contribution in [0.1, 0.15) is 34.8 Å². The van der Waals surface area contributed by atoms with Gasteiger partial charge in [-0.1, -0.05) is 18.2 Å². The molecule has 0 aliphatic rings. The van der Waals surface area contributed by atoms with Crippen LogP contribution in [0.5, 0.6) is 5.75 Å². The topological polar surface area (TPSA) is 90.5 Å². The number of carbonyl (C=O) groups excluding carboxylic acids is 2. The van der Waals surface area contributed by atoms with Crippen LogP contribution >= 0.6 is 0 Å². The van der Waals surface area contributed by atoms with Crippen molar-refractivity contribution in [3.63, 3.8) is 0 Å². The first kappa shape index (κ1) is 19.3. The molecule has 2 aromatic rings. The summed E-state index contributed by atoms with van der Waals surface area (Å²) < 4.78 is 0. The summed E-state index contributed by atoms with van der Waals surface area (Å²) >= 11 is 0. The Bertz CT molecular complexity index is 772. The summed E-state index contributed by atoms with van der Waals surface area (Å²) in [6.45, 7) is 3.81. The first-order valence-electron chi connectivity index (χ1n) is 8.57. The maximum Gasteiger partial charge on any atom is 0.319 e. The third-order valence-corrected chi connectivity index (χ3v) is 4.15. The van der Waals surface area contributed by atoms with Crippen molar-refractivity contribution in [2.75, 3.05) is 12.4 Å². The van der Waals surface area contributed by atoms with E-state index in [1.807, 2.05) is 26.0 Å². The lowest BCUT2D eigenvalue weighted by Crippen LogP contribution is -2.36. The van der Waals surface area contributed by atoms with E-state index in [0.29, 0.717) is 11.3 Å². The van der Waals surface area contributed by atoms with Gasteiger partial charge in [0.25, 0.3) is 5.91 Å². The van der Waals surface area contributed by atoms with Crippen LogP contribution in [-0.4, -0.2) is 30.1 Å². The summed E-state index contributed by atoms with van der Waals surface area (Å²) in [7, 11) is 1.57. The number of aryl methyl sites for hydroxylation is 2. The average molecular weight is 355 g/mol. The average Bonchev–Trinajstić information content (AvgIpc) is 2.62. The number of phenols is 1. The Morgan fingerprint density at radius 3 is 2.46 bits per heavy atom. The number of benzene rings is 2. The van der Waals surface area contributed by atoms with Gasteiger partial charge in [0.05, 0.1) is 0 Å². The zero-order valence-electron chi connectivity index (χ0n) is 15.3. The van der Waals surface area contributed by atoms with Crippen molar-refractivity contribution in [1.29, 1.82) is 0 Å². The molecule has 0 saturated carbocycles. The number of hydrogen-bond donors (Lipinski definition) is 4. The minimum atomic E-state index is -0.305. The third-order valence-electron chi connectivity index (χ3n) is 4.15. The van der Waals surface area contributed by atoms with Crippen LogP contribution < -0.4 is 16.0 Å². The van der Waals surface area contributed by atoms with Gasteiger partial charge in [0, 0.05) is 24.3 Å². The molecule has 0 aliphatic carbocycles. The van der Waals surface area contributed by atoms with Gasteiger partial charge in [0.2, 0.25) is 0 Å². The Morgan fingerprint density at radius 2 is 1.81 bits per heavy atom. The Morgan fingerprint density at radius 1 is 1.12 bits per heavy atom. The number of anilines is 1. The molecule has 4 N–H and O–H groups in total. The molecular weight excluding hydrogens is 330 g/mol. The molecule has 2 aromatic carbocycles. The molecule has 26 heavy (non-hydrogen) atoms. The van der Waals surface area contributed by atoms with Crippen molar-refractivity contribution >= 4 is 17.6 Å². The van der Waals surface area contributed by atoms with Crippen molar-refractivity contribution in [1.82, 2.24) is 10.6 Å². The number of amides is 3. The Kier molecular flexibility index (Phi) is 6.60. The van der Waals surface area contributed by atoms with Crippen LogP contribution in [0.15, 0.2) is 42.5 Å². The molecular formula is C20H25N3O3. The molecule has 1 atom stereocenters. The van der Waals surface area contributed by atoms with Gasteiger partial charge in [0.1, 0.15) is 5.75 Å². The Hall–Kier alpha value is -3.02. The van der Waals surface area contributed by atoms with Crippen molar-refractivity contribution in [3.05, 3.63) is 59.2 Å². The molecule has 3 amide bonds. The van der Waals surface area contributed by atoms with Crippen LogP contribution in [-0.2, 0) is 6.42 Å². The molecule has 1 unspecified atom stereocenters. The number of carbonyl (C=O) groups is 2. The highest BCUT2D eigenvalue weighted by atomic mass is 16.3. The summed E-state index contributed by atoms with van der Waals surface area (Å²) in [5.41, 5.74) is 3.08. The maximum atomic E-state index is 12.2. The molecule has 2 rings (SSSR count). The monoisotopic (exact) mass is 355 g/mol. The molecule has 6 nitrogen and oxygen atoms in total. The van der Waals surface area contributed by atoms with Gasteiger partial charge in [-0.3, -0.25) is 4.79 Å². The number of urea groups is 1. The second kappa shape index (κ2) is 8.89. The fourth-order valence-corrected chi connectivity index (χ4v) is 2.54. The van der Waals surface area contributed by atoms with Gasteiger partial charge >= 0.3 is 6.03 Å². The lowest BCUT2D eigenvalue weighted by atomic mass is 10.1. The van der Waals surface area contributed by atoms with E-state index in [-0.39, 0.29) is 23.7 Å². The van der Waals surface area contributed by atoms with Gasteiger partial charge in [-0.2, -0.15) is 0 Å². The predicted molar refractivity (Wildman–Crippen MR) is 103 cm³/mol. The highest BCUT2D eigenvalue weighted by molar-refractivity contribution is 5.97. The van der Waals surface area contributed by atoms with Crippen LogP contribution in [0.25, 0.3) is 0 Å². The molecule has 138 valence electrons. The van der Waals surface area contributed by atoms with Gasteiger partial charge in [0.15, 0.2) is 0 Å². The van der Waals surface area contributed by atoms with E-state index in [2.05, 4.69) is 16.0 Å². The molecule has 0 spiro atoms. The highest BCUT2D eigenvalue weighted by Gasteiger charge is 2.11. The lowest BCUT2D eigenvalue weighted by molar-refractivity contribution is 0.0963. The SMILES string of the molecule is CNC(=O)c1ccc(C)c(NC(=O)NC(C)CCc2ccc(O)cc2)c1. The molecule has 0 saturated heterocycles. The maximum absolute atomic E-state index is 12.2. The normalized spacial score (nSPS) is 11.5. The van der Waals surface area contributed by atoms with E-state index in [4.69, 9.17) is 0 Å². The fraction of sp³-hybridized carbons (Fsp3) is 0.300. The number of rotatable bonds is 6. The molecule has 0 heterocycles. The largest absolute Gasteiger partial charge is 0.508 e. The molecule has 0 aromatic heterocycles. The van der Waals surface area contributed by atoms with Gasteiger partial charge < -0.3 is 21.1 Å². The predicted octanol–water partition coefficient (Wildman–Crippen LogP) is 3.20. The fourth-order valence-electron chi connectivity index (χ4n) is 2.54. The standard InChI is InChI=1S/C20H25N3O3/c1-13-4-9-16(19(25)21-3)12-18(13)23-20(26)22-14(2)5-6-15-7-10-17(24)11-8-15/h4,7-12,14,24H,5-6H2,1-3H3,(H,21,25)(H2,22,23,26). The third kappa shape index (κ3) is 5.51. The van der Waals surface area contributed by atoms with Gasteiger partial charge in [-0.15, -0.1) is 0 Å². The van der Waals surface area contributed by atoms with Crippen LogP contribution in [0.2, 0.25) is 0 Å². The van der Waals surface area contributed by atoms with E-state index < -0.39 is 0 Å². The van der Waals surface area contributed by atoms with E-state index in [9.17, 15) is 14.7 Å². The smallest absolute Gasteiger partial charge is 0.319 e. The minimum Gasteiger partial charge on any atom is -0.508 e. The van der Waals surface area contributed by atoms with Gasteiger partial charge in [-0.25, -0.2) is 4.79 Å².